The molecule has 2 rings (SSSR count). The van der Waals surface area contributed by atoms with Crippen molar-refractivity contribution in [3.8, 4) is 0 Å². The molecule has 1 atom stereocenters. The summed E-state index contributed by atoms with van der Waals surface area (Å²) in [5.41, 5.74) is 0. The van der Waals surface area contributed by atoms with E-state index in [1.54, 1.807) is 16.2 Å². The van der Waals surface area contributed by atoms with Crippen LogP contribution in [0, 0.1) is 0 Å². The Hall–Kier alpha value is -1.60. The van der Waals surface area contributed by atoms with E-state index in [9.17, 15) is 9.59 Å². The number of carbonyl (C=O) groups excluding carboxylic acids is 1. The van der Waals surface area contributed by atoms with Crippen LogP contribution in [-0.4, -0.2) is 47.8 Å². The topological polar surface area (TPSA) is 78.9 Å². The smallest absolute Gasteiger partial charge is 0.328 e. The second-order valence-electron chi connectivity index (χ2n) is 4.73. The number of nitrogens with one attached hydrogen (secondary N) is 1. The van der Waals surface area contributed by atoms with Crippen molar-refractivity contribution in [1.82, 2.24) is 10.2 Å². The Labute approximate surface area is 121 Å². The van der Waals surface area contributed by atoms with Gasteiger partial charge in [-0.2, -0.15) is 0 Å². The van der Waals surface area contributed by atoms with Gasteiger partial charge in [-0.3, -0.25) is 0 Å². The number of methoxy groups -OCH3 is 1. The first-order valence-electron chi connectivity index (χ1n) is 6.43. The summed E-state index contributed by atoms with van der Waals surface area (Å²) in [4.78, 5) is 26.1. The Bertz CT molecular complexity index is 459. The Morgan fingerprint density at radius 1 is 1.60 bits per heavy atom. The van der Waals surface area contributed by atoms with Crippen molar-refractivity contribution in [2.75, 3.05) is 13.7 Å². The number of carboxylic acid groups (broad SMARTS) is 1. The lowest BCUT2D eigenvalue weighted by Gasteiger charge is -2.24. The van der Waals surface area contributed by atoms with Crippen LogP contribution in [0.2, 0.25) is 0 Å². The molecule has 2 N–H and O–H groups in total. The molecule has 7 heteroatoms. The number of carbonyl (C=O) groups is 2. The van der Waals surface area contributed by atoms with E-state index in [1.165, 1.54) is 7.11 Å². The van der Waals surface area contributed by atoms with Gasteiger partial charge in [0, 0.05) is 18.0 Å². The van der Waals surface area contributed by atoms with Crippen molar-refractivity contribution in [3.63, 3.8) is 0 Å². The first-order valence-corrected chi connectivity index (χ1v) is 7.31. The van der Waals surface area contributed by atoms with Gasteiger partial charge in [0.05, 0.1) is 13.2 Å². The van der Waals surface area contributed by atoms with Gasteiger partial charge < -0.3 is 20.1 Å². The predicted molar refractivity (Wildman–Crippen MR) is 74.7 cm³/mol. The number of hydrogen-bond acceptors (Lipinski definition) is 4. The highest BCUT2D eigenvalue weighted by Gasteiger charge is 2.34. The van der Waals surface area contributed by atoms with Crippen molar-refractivity contribution in [1.29, 1.82) is 0 Å². The van der Waals surface area contributed by atoms with Crippen LogP contribution in [0.25, 0.3) is 0 Å². The Kier molecular flexibility index (Phi) is 4.97. The molecule has 0 aromatic carbocycles. The van der Waals surface area contributed by atoms with Crippen molar-refractivity contribution in [2.45, 2.75) is 31.5 Å². The van der Waals surface area contributed by atoms with E-state index in [2.05, 4.69) is 5.32 Å². The number of amides is 2. The van der Waals surface area contributed by atoms with E-state index in [4.69, 9.17) is 9.84 Å². The summed E-state index contributed by atoms with van der Waals surface area (Å²) in [6, 6.07) is 2.77. The third-order valence-electron chi connectivity index (χ3n) is 3.08. The number of rotatable bonds is 7. The molecule has 1 aliphatic rings. The minimum atomic E-state index is -1.09. The van der Waals surface area contributed by atoms with E-state index < -0.39 is 12.0 Å². The van der Waals surface area contributed by atoms with Gasteiger partial charge in [0.15, 0.2) is 6.04 Å². The van der Waals surface area contributed by atoms with Crippen LogP contribution < -0.4 is 5.32 Å². The number of carboxylic acids is 1. The third-order valence-corrected chi connectivity index (χ3v) is 3.95. The van der Waals surface area contributed by atoms with Gasteiger partial charge in [-0.05, 0) is 24.3 Å². The average Bonchev–Trinajstić information content (AvgIpc) is 3.12. The minimum Gasteiger partial charge on any atom is -0.480 e. The summed E-state index contributed by atoms with van der Waals surface area (Å²) in [5, 5.41) is 13.5. The van der Waals surface area contributed by atoms with Gasteiger partial charge in [-0.25, -0.2) is 9.59 Å². The fourth-order valence-electron chi connectivity index (χ4n) is 1.90. The molecule has 20 heavy (non-hydrogen) atoms. The largest absolute Gasteiger partial charge is 0.480 e. The van der Waals surface area contributed by atoms with E-state index in [1.807, 2.05) is 17.5 Å². The molecule has 110 valence electrons. The second kappa shape index (κ2) is 6.71. The highest BCUT2D eigenvalue weighted by Crippen LogP contribution is 2.29. The fraction of sp³-hybridized carbons (Fsp3) is 0.538. The molecule has 0 spiro atoms. The normalized spacial score (nSPS) is 15.7. The van der Waals surface area contributed by atoms with Gasteiger partial charge in [-0.15, -0.1) is 11.3 Å². The van der Waals surface area contributed by atoms with Gasteiger partial charge in [0.1, 0.15) is 0 Å². The maximum Gasteiger partial charge on any atom is 0.328 e. The van der Waals surface area contributed by atoms with Crippen LogP contribution in [-0.2, 0) is 16.1 Å². The summed E-state index contributed by atoms with van der Waals surface area (Å²) in [7, 11) is 1.41. The van der Waals surface area contributed by atoms with Crippen LogP contribution in [0.1, 0.15) is 17.7 Å². The minimum absolute atomic E-state index is 0.0431. The number of aliphatic carboxylic acids is 1. The summed E-state index contributed by atoms with van der Waals surface area (Å²) in [6.07, 6.45) is 1.95. The molecular formula is C13H18N2O4S. The summed E-state index contributed by atoms with van der Waals surface area (Å²) >= 11 is 1.59. The number of thiophene rings is 1. The van der Waals surface area contributed by atoms with E-state index >= 15 is 0 Å². The molecule has 1 aromatic heterocycles. The first kappa shape index (κ1) is 14.8. The SMILES string of the molecule is COCC(NC(=O)N(Cc1cccs1)C1CC1)C(=O)O. The van der Waals surface area contributed by atoms with Crippen molar-refractivity contribution < 1.29 is 19.4 Å². The zero-order valence-corrected chi connectivity index (χ0v) is 12.1. The van der Waals surface area contributed by atoms with E-state index in [-0.39, 0.29) is 18.7 Å². The number of ether oxygens (including phenoxy) is 1. The molecule has 0 aliphatic heterocycles. The lowest BCUT2D eigenvalue weighted by Crippen LogP contribution is -2.50. The molecule has 0 saturated heterocycles. The molecule has 1 heterocycles. The van der Waals surface area contributed by atoms with Crippen LogP contribution in [0.5, 0.6) is 0 Å². The lowest BCUT2D eigenvalue weighted by molar-refractivity contribution is -0.140. The molecule has 2 amide bonds. The van der Waals surface area contributed by atoms with Gasteiger partial charge in [0.2, 0.25) is 0 Å². The first-order chi connectivity index (χ1) is 9.61. The van der Waals surface area contributed by atoms with Gasteiger partial charge in [0.25, 0.3) is 0 Å². The lowest BCUT2D eigenvalue weighted by atomic mass is 10.3. The highest BCUT2D eigenvalue weighted by molar-refractivity contribution is 7.09. The Morgan fingerprint density at radius 3 is 2.85 bits per heavy atom. The maximum atomic E-state index is 12.2. The second-order valence-corrected chi connectivity index (χ2v) is 5.77. The molecule has 0 bridgehead atoms. The van der Waals surface area contributed by atoms with Gasteiger partial charge in [-0.1, -0.05) is 6.07 Å². The molecule has 6 nitrogen and oxygen atoms in total. The zero-order valence-electron chi connectivity index (χ0n) is 11.2. The summed E-state index contributed by atoms with van der Waals surface area (Å²) in [6.45, 7) is 0.478. The molecule has 1 unspecified atom stereocenters. The Morgan fingerprint density at radius 2 is 2.35 bits per heavy atom. The van der Waals surface area contributed by atoms with Crippen LogP contribution in [0.3, 0.4) is 0 Å². The number of urea groups is 1. The maximum absolute atomic E-state index is 12.2. The van der Waals surface area contributed by atoms with E-state index in [0.717, 1.165) is 17.7 Å². The summed E-state index contributed by atoms with van der Waals surface area (Å²) in [5.74, 6) is -1.09. The molecular weight excluding hydrogens is 280 g/mol. The molecule has 1 aromatic rings. The van der Waals surface area contributed by atoms with Crippen LogP contribution >= 0.6 is 11.3 Å². The summed E-state index contributed by atoms with van der Waals surface area (Å²) < 4.78 is 4.82. The quantitative estimate of drug-likeness (QED) is 0.800. The molecule has 0 radical (unpaired) electrons. The number of hydrogen-bond donors (Lipinski definition) is 2. The van der Waals surface area contributed by atoms with Crippen molar-refractivity contribution >= 4 is 23.3 Å². The predicted octanol–water partition coefficient (Wildman–Crippen LogP) is 1.52. The standard InChI is InChI=1S/C13H18N2O4S/c1-19-8-11(12(16)17)14-13(18)15(9-4-5-9)7-10-3-2-6-20-10/h2-3,6,9,11H,4-5,7-8H2,1H3,(H,14,18)(H,16,17). The fourth-order valence-corrected chi connectivity index (χ4v) is 2.60. The molecule has 1 fully saturated rings. The van der Waals surface area contributed by atoms with E-state index in [0.29, 0.717) is 6.54 Å². The number of nitrogens with zero attached hydrogens (tertiary/aromatic N) is 1. The highest BCUT2D eigenvalue weighted by atomic mass is 32.1. The van der Waals surface area contributed by atoms with Crippen LogP contribution in [0.4, 0.5) is 4.79 Å². The van der Waals surface area contributed by atoms with Gasteiger partial charge >= 0.3 is 12.0 Å². The van der Waals surface area contributed by atoms with Crippen molar-refractivity contribution in [3.05, 3.63) is 22.4 Å². The third kappa shape index (κ3) is 3.94. The zero-order chi connectivity index (χ0) is 14.5. The average molecular weight is 298 g/mol. The molecule has 1 saturated carbocycles. The monoisotopic (exact) mass is 298 g/mol. The van der Waals surface area contributed by atoms with Crippen LogP contribution in [0.15, 0.2) is 17.5 Å². The molecule has 1 aliphatic carbocycles. The Balaban J connectivity index is 1.97. The van der Waals surface area contributed by atoms with Crippen molar-refractivity contribution in [2.24, 2.45) is 0 Å².